The van der Waals surface area contributed by atoms with Gasteiger partial charge in [-0.1, -0.05) is 18.2 Å². The summed E-state index contributed by atoms with van der Waals surface area (Å²) in [6, 6.07) is 8.58. The summed E-state index contributed by atoms with van der Waals surface area (Å²) in [5, 5.41) is 9.74. The number of likely N-dealkylation sites (tertiary alicyclic amines) is 1. The van der Waals surface area contributed by atoms with Gasteiger partial charge in [-0.2, -0.15) is 0 Å². The number of aliphatic hydroxyl groups excluding tert-OH is 1. The van der Waals surface area contributed by atoms with E-state index >= 15 is 0 Å². The molecule has 0 saturated carbocycles. The van der Waals surface area contributed by atoms with Crippen molar-refractivity contribution in [1.29, 1.82) is 0 Å². The molecule has 0 aromatic heterocycles. The molecule has 24 heavy (non-hydrogen) atoms. The van der Waals surface area contributed by atoms with Gasteiger partial charge in [0.1, 0.15) is 0 Å². The predicted molar refractivity (Wildman–Crippen MR) is 92.2 cm³/mol. The predicted octanol–water partition coefficient (Wildman–Crippen LogP) is 1.61. The molecule has 0 bridgehead atoms. The summed E-state index contributed by atoms with van der Waals surface area (Å²) in [5.41, 5.74) is 2.57. The van der Waals surface area contributed by atoms with E-state index in [4.69, 9.17) is 4.74 Å². The van der Waals surface area contributed by atoms with Crippen molar-refractivity contribution in [3.05, 3.63) is 29.8 Å². The first kappa shape index (κ1) is 15.9. The summed E-state index contributed by atoms with van der Waals surface area (Å²) in [6.07, 6.45) is 2.74. The van der Waals surface area contributed by atoms with Gasteiger partial charge in [-0.15, -0.1) is 0 Å². The van der Waals surface area contributed by atoms with Crippen molar-refractivity contribution < 1.29 is 14.6 Å². The number of carbonyl (C=O) groups is 1. The van der Waals surface area contributed by atoms with E-state index in [1.165, 1.54) is 11.3 Å². The van der Waals surface area contributed by atoms with Crippen molar-refractivity contribution in [3.63, 3.8) is 0 Å². The molecule has 1 atom stereocenters. The zero-order chi connectivity index (χ0) is 16.6. The topological polar surface area (TPSA) is 53.0 Å². The minimum Gasteiger partial charge on any atom is -0.396 e. The fourth-order valence-electron chi connectivity index (χ4n) is 4.26. The second-order valence-electron chi connectivity index (χ2n) is 7.56. The van der Waals surface area contributed by atoms with Crippen molar-refractivity contribution in [2.75, 3.05) is 50.9 Å². The van der Waals surface area contributed by atoms with Gasteiger partial charge < -0.3 is 19.6 Å². The zero-order valence-electron chi connectivity index (χ0n) is 14.1. The minimum atomic E-state index is -0.104. The Hall–Kier alpha value is -1.59. The van der Waals surface area contributed by atoms with E-state index in [1.807, 2.05) is 4.90 Å². The fraction of sp³-hybridized carbons (Fsp3) is 0.632. The van der Waals surface area contributed by atoms with Crippen LogP contribution in [0.25, 0.3) is 0 Å². The Kier molecular flexibility index (Phi) is 4.22. The van der Waals surface area contributed by atoms with Crippen LogP contribution < -0.4 is 4.90 Å². The maximum atomic E-state index is 11.8. The van der Waals surface area contributed by atoms with Crippen LogP contribution in [0, 0.1) is 5.41 Å². The number of aliphatic hydroxyl groups is 1. The Labute approximate surface area is 143 Å². The van der Waals surface area contributed by atoms with Crippen LogP contribution in [0.3, 0.4) is 0 Å². The molecule has 2 fully saturated rings. The average molecular weight is 330 g/mol. The fourth-order valence-corrected chi connectivity index (χ4v) is 4.26. The van der Waals surface area contributed by atoms with E-state index in [9.17, 15) is 9.90 Å². The molecule has 130 valence electrons. The number of amides is 1. The third-order valence-corrected chi connectivity index (χ3v) is 5.76. The number of ether oxygens (including phenoxy) is 1. The van der Waals surface area contributed by atoms with E-state index in [-0.39, 0.29) is 12.0 Å². The first-order valence-corrected chi connectivity index (χ1v) is 9.01. The van der Waals surface area contributed by atoms with Gasteiger partial charge >= 0.3 is 0 Å². The Balaban J connectivity index is 1.45. The van der Waals surface area contributed by atoms with Crippen molar-refractivity contribution in [3.8, 4) is 0 Å². The molecule has 0 aliphatic carbocycles. The monoisotopic (exact) mass is 330 g/mol. The van der Waals surface area contributed by atoms with E-state index in [0.29, 0.717) is 31.5 Å². The molecular formula is C19H26N2O3. The van der Waals surface area contributed by atoms with E-state index in [0.717, 1.165) is 39.0 Å². The zero-order valence-corrected chi connectivity index (χ0v) is 14.1. The van der Waals surface area contributed by atoms with Gasteiger partial charge in [0.2, 0.25) is 5.91 Å². The number of nitrogens with zero attached hydrogens (tertiary/aromatic N) is 2. The van der Waals surface area contributed by atoms with Gasteiger partial charge in [0.05, 0.1) is 25.2 Å². The van der Waals surface area contributed by atoms with Crippen LogP contribution in [-0.4, -0.2) is 61.9 Å². The molecule has 3 aliphatic heterocycles. The molecule has 1 amide bonds. The molecule has 5 heteroatoms. The van der Waals surface area contributed by atoms with E-state index in [2.05, 4.69) is 29.2 Å². The normalized spacial score (nSPS) is 25.0. The largest absolute Gasteiger partial charge is 0.396 e. The van der Waals surface area contributed by atoms with Gasteiger partial charge in [0.25, 0.3) is 0 Å². The summed E-state index contributed by atoms with van der Waals surface area (Å²) in [5.74, 6) is 0.773. The average Bonchev–Trinajstić information content (AvgIpc) is 3.13. The van der Waals surface area contributed by atoms with Gasteiger partial charge in [-0.05, 0) is 24.5 Å². The molecule has 0 radical (unpaired) electrons. The number of anilines is 1. The maximum absolute atomic E-state index is 11.8. The molecule has 0 spiro atoms. The van der Waals surface area contributed by atoms with Crippen LogP contribution in [0.1, 0.15) is 30.7 Å². The molecular weight excluding hydrogens is 304 g/mol. The first-order valence-electron chi connectivity index (χ1n) is 9.01. The molecule has 3 heterocycles. The standard InChI is InChI=1S/C19H26N2O3/c22-12-19(13-24-14-19)11-21-10-15(16-4-1-2-5-17(16)21)7-9-20-8-3-6-18(20)23/h1-2,4-5,15,22H,3,6-14H2. The highest BCUT2D eigenvalue weighted by Crippen LogP contribution is 2.41. The maximum Gasteiger partial charge on any atom is 0.222 e. The van der Waals surface area contributed by atoms with E-state index in [1.54, 1.807) is 0 Å². The van der Waals surface area contributed by atoms with Crippen molar-refractivity contribution in [2.24, 2.45) is 5.41 Å². The third-order valence-electron chi connectivity index (χ3n) is 5.76. The molecule has 4 rings (SSSR count). The van der Waals surface area contributed by atoms with Crippen molar-refractivity contribution in [2.45, 2.75) is 25.2 Å². The lowest BCUT2D eigenvalue weighted by Crippen LogP contribution is -2.53. The SMILES string of the molecule is O=C1CCCN1CCC1CN(CC2(CO)COC2)c2ccccc21. The van der Waals surface area contributed by atoms with Crippen LogP contribution in [0.15, 0.2) is 24.3 Å². The molecule has 1 N–H and O–H groups in total. The summed E-state index contributed by atoms with van der Waals surface area (Å²) >= 11 is 0. The number of hydrogen-bond donors (Lipinski definition) is 1. The minimum absolute atomic E-state index is 0.104. The lowest BCUT2D eigenvalue weighted by atomic mass is 9.86. The second-order valence-corrected chi connectivity index (χ2v) is 7.56. The highest BCUT2D eigenvalue weighted by molar-refractivity contribution is 5.78. The second kappa shape index (κ2) is 6.37. The Bertz CT molecular complexity index is 609. The number of para-hydroxylation sites is 1. The quantitative estimate of drug-likeness (QED) is 0.861. The van der Waals surface area contributed by atoms with Crippen LogP contribution >= 0.6 is 0 Å². The lowest BCUT2D eigenvalue weighted by molar-refractivity contribution is -0.131. The van der Waals surface area contributed by atoms with Gasteiger partial charge in [0.15, 0.2) is 0 Å². The van der Waals surface area contributed by atoms with Crippen LogP contribution in [0.5, 0.6) is 0 Å². The molecule has 1 aromatic carbocycles. The Morgan fingerprint density at radius 2 is 2.08 bits per heavy atom. The first-order chi connectivity index (χ1) is 11.7. The highest BCUT2D eigenvalue weighted by atomic mass is 16.5. The van der Waals surface area contributed by atoms with Crippen molar-refractivity contribution >= 4 is 11.6 Å². The number of benzene rings is 1. The van der Waals surface area contributed by atoms with E-state index < -0.39 is 0 Å². The number of fused-ring (bicyclic) bond motifs is 1. The molecule has 2 saturated heterocycles. The lowest BCUT2D eigenvalue weighted by Gasteiger charge is -2.43. The Morgan fingerprint density at radius 3 is 2.75 bits per heavy atom. The molecule has 5 nitrogen and oxygen atoms in total. The smallest absolute Gasteiger partial charge is 0.222 e. The van der Waals surface area contributed by atoms with Gasteiger partial charge in [-0.25, -0.2) is 0 Å². The van der Waals surface area contributed by atoms with Gasteiger partial charge in [-0.3, -0.25) is 4.79 Å². The van der Waals surface area contributed by atoms with Gasteiger partial charge in [0, 0.05) is 44.2 Å². The summed E-state index contributed by atoms with van der Waals surface area (Å²) in [4.78, 5) is 16.3. The highest BCUT2D eigenvalue weighted by Gasteiger charge is 2.42. The summed E-state index contributed by atoms with van der Waals surface area (Å²) in [6.45, 7) is 5.08. The van der Waals surface area contributed by atoms with Crippen molar-refractivity contribution in [1.82, 2.24) is 4.90 Å². The number of hydrogen-bond acceptors (Lipinski definition) is 4. The molecule has 1 unspecified atom stereocenters. The van der Waals surface area contributed by atoms with Crippen LogP contribution in [0.4, 0.5) is 5.69 Å². The summed E-state index contributed by atoms with van der Waals surface area (Å²) in [7, 11) is 0. The molecule has 3 aliphatic rings. The third kappa shape index (κ3) is 2.80. The number of rotatable bonds is 6. The Morgan fingerprint density at radius 1 is 1.25 bits per heavy atom. The summed E-state index contributed by atoms with van der Waals surface area (Å²) < 4.78 is 5.35. The van der Waals surface area contributed by atoms with Crippen LogP contribution in [0.2, 0.25) is 0 Å². The number of carbonyl (C=O) groups excluding carboxylic acids is 1. The van der Waals surface area contributed by atoms with Crippen LogP contribution in [-0.2, 0) is 9.53 Å². The molecule has 1 aromatic rings.